The highest BCUT2D eigenvalue weighted by atomic mass is 32.1. The molecule has 0 aliphatic carbocycles. The van der Waals surface area contributed by atoms with Gasteiger partial charge in [-0.3, -0.25) is 14.5 Å². The van der Waals surface area contributed by atoms with E-state index in [1.807, 2.05) is 37.4 Å². The lowest BCUT2D eigenvalue weighted by molar-refractivity contribution is -0.147. The number of hydrogen-bond donors (Lipinski definition) is 0. The second-order valence-corrected chi connectivity index (χ2v) is 7.47. The monoisotopic (exact) mass is 374 g/mol. The van der Waals surface area contributed by atoms with Crippen LogP contribution in [0, 0.1) is 6.92 Å². The number of aromatic nitrogens is 1. The second-order valence-electron chi connectivity index (χ2n) is 6.41. The average Bonchev–Trinajstić information content (AvgIpc) is 3.02. The van der Waals surface area contributed by atoms with Crippen molar-refractivity contribution in [2.75, 3.05) is 11.4 Å². The minimum absolute atomic E-state index is 0.135. The van der Waals surface area contributed by atoms with Crippen LogP contribution >= 0.6 is 11.3 Å². The topological polar surface area (TPSA) is 68.7 Å². The fourth-order valence-corrected chi connectivity index (χ4v) is 3.45. The average molecular weight is 374 g/mol. The van der Waals surface area contributed by atoms with Gasteiger partial charge in [0.2, 0.25) is 0 Å². The van der Waals surface area contributed by atoms with Gasteiger partial charge in [-0.1, -0.05) is 6.92 Å². The number of fused-ring (bicyclic) bond motifs is 1. The van der Waals surface area contributed by atoms with E-state index in [1.54, 1.807) is 25.2 Å². The molecule has 26 heavy (non-hydrogen) atoms. The Balaban J connectivity index is 1.97. The van der Waals surface area contributed by atoms with E-state index in [2.05, 4.69) is 4.98 Å². The Bertz CT molecular complexity index is 831. The number of carbonyl (C=O) groups excluding carboxylic acids is 2. The molecule has 1 aliphatic heterocycles. The number of hydrogen-bond acceptors (Lipinski definition) is 6. The van der Waals surface area contributed by atoms with Gasteiger partial charge in [0.15, 0.2) is 6.10 Å². The van der Waals surface area contributed by atoms with Crippen LogP contribution in [0.5, 0.6) is 5.75 Å². The Morgan fingerprint density at radius 1 is 1.42 bits per heavy atom. The first-order valence-corrected chi connectivity index (χ1v) is 9.51. The van der Waals surface area contributed by atoms with Crippen LogP contribution in [0.4, 0.5) is 5.69 Å². The highest BCUT2D eigenvalue weighted by Gasteiger charge is 2.35. The van der Waals surface area contributed by atoms with Gasteiger partial charge in [-0.15, -0.1) is 11.3 Å². The zero-order valence-electron chi connectivity index (χ0n) is 15.3. The minimum Gasteiger partial charge on any atom is -0.478 e. The van der Waals surface area contributed by atoms with Crippen molar-refractivity contribution in [1.82, 2.24) is 4.98 Å². The van der Waals surface area contributed by atoms with Crippen molar-refractivity contribution in [2.45, 2.75) is 46.3 Å². The van der Waals surface area contributed by atoms with Crippen LogP contribution in [0.3, 0.4) is 0 Å². The Kier molecular flexibility index (Phi) is 5.27. The standard InChI is InChI=1S/C19H22N2O4S/c1-5-16-19(23)21(9-18(22)24-11(2)3)15-8-13(6-7-17(15)25-16)14-10-26-12(4)20-14/h6-8,10-11,16H,5,9H2,1-4H3. The van der Waals surface area contributed by atoms with Gasteiger partial charge < -0.3 is 9.47 Å². The van der Waals surface area contributed by atoms with Gasteiger partial charge in [0.05, 0.1) is 22.5 Å². The quantitative estimate of drug-likeness (QED) is 0.749. The third-order valence-corrected chi connectivity index (χ3v) is 4.77. The third kappa shape index (κ3) is 3.72. The first kappa shape index (κ1) is 18.4. The number of rotatable bonds is 5. The van der Waals surface area contributed by atoms with Gasteiger partial charge >= 0.3 is 5.97 Å². The molecule has 1 aliphatic rings. The molecule has 0 saturated carbocycles. The molecule has 0 saturated heterocycles. The van der Waals surface area contributed by atoms with E-state index in [0.717, 1.165) is 16.3 Å². The Hall–Kier alpha value is -2.41. The molecule has 1 unspecified atom stereocenters. The van der Waals surface area contributed by atoms with E-state index in [1.165, 1.54) is 4.90 Å². The molecule has 0 spiro atoms. The number of anilines is 1. The lowest BCUT2D eigenvalue weighted by atomic mass is 10.1. The lowest BCUT2D eigenvalue weighted by Crippen LogP contribution is -2.48. The predicted molar refractivity (Wildman–Crippen MR) is 101 cm³/mol. The molecule has 1 aromatic carbocycles. The van der Waals surface area contributed by atoms with Crippen LogP contribution in [0.15, 0.2) is 23.6 Å². The Morgan fingerprint density at radius 2 is 2.19 bits per heavy atom. The van der Waals surface area contributed by atoms with Crippen LogP contribution < -0.4 is 9.64 Å². The zero-order chi connectivity index (χ0) is 18.8. The summed E-state index contributed by atoms with van der Waals surface area (Å²) < 4.78 is 11.0. The number of amides is 1. The normalized spacial score (nSPS) is 16.4. The molecule has 2 heterocycles. The van der Waals surface area contributed by atoms with Crippen molar-refractivity contribution in [1.29, 1.82) is 0 Å². The Labute approximate surface area is 156 Å². The first-order valence-electron chi connectivity index (χ1n) is 8.63. The summed E-state index contributed by atoms with van der Waals surface area (Å²) in [5.41, 5.74) is 2.29. The Morgan fingerprint density at radius 3 is 2.81 bits per heavy atom. The van der Waals surface area contributed by atoms with E-state index < -0.39 is 12.1 Å². The third-order valence-electron chi connectivity index (χ3n) is 4.00. The number of thiazole rings is 1. The second kappa shape index (κ2) is 7.45. The molecule has 0 radical (unpaired) electrons. The molecule has 0 N–H and O–H groups in total. The maximum absolute atomic E-state index is 12.8. The van der Waals surface area contributed by atoms with Crippen molar-refractivity contribution in [3.05, 3.63) is 28.6 Å². The number of aryl methyl sites for hydroxylation is 1. The molecule has 6 nitrogen and oxygen atoms in total. The summed E-state index contributed by atoms with van der Waals surface area (Å²) in [4.78, 5) is 30.9. The number of esters is 1. The van der Waals surface area contributed by atoms with E-state index in [4.69, 9.17) is 9.47 Å². The fraction of sp³-hybridized carbons (Fsp3) is 0.421. The van der Waals surface area contributed by atoms with Gasteiger partial charge in [-0.25, -0.2) is 4.98 Å². The van der Waals surface area contributed by atoms with E-state index in [-0.39, 0.29) is 18.6 Å². The fourth-order valence-electron chi connectivity index (χ4n) is 2.83. The zero-order valence-corrected chi connectivity index (χ0v) is 16.1. The largest absolute Gasteiger partial charge is 0.478 e. The summed E-state index contributed by atoms with van der Waals surface area (Å²) in [6, 6.07) is 5.59. The lowest BCUT2D eigenvalue weighted by Gasteiger charge is -2.33. The molecule has 0 fully saturated rings. The summed E-state index contributed by atoms with van der Waals surface area (Å²) in [5.74, 6) is -0.0808. The van der Waals surface area contributed by atoms with Crippen LogP contribution in [-0.4, -0.2) is 35.6 Å². The SMILES string of the molecule is CCC1Oc2ccc(-c3csc(C)n3)cc2N(CC(=O)OC(C)C)C1=O. The van der Waals surface area contributed by atoms with Crippen molar-refractivity contribution in [3.8, 4) is 17.0 Å². The molecule has 2 aromatic rings. The smallest absolute Gasteiger partial charge is 0.326 e. The molecule has 0 bridgehead atoms. The molecule has 7 heteroatoms. The first-order chi connectivity index (χ1) is 12.4. The molecule has 1 atom stereocenters. The summed E-state index contributed by atoms with van der Waals surface area (Å²) in [6.07, 6.45) is -0.299. The highest BCUT2D eigenvalue weighted by Crippen LogP contribution is 2.38. The summed E-state index contributed by atoms with van der Waals surface area (Å²) in [5, 5.41) is 2.93. The molecule has 138 valence electrons. The number of nitrogens with zero attached hydrogens (tertiary/aromatic N) is 2. The van der Waals surface area contributed by atoms with Crippen molar-refractivity contribution in [2.24, 2.45) is 0 Å². The van der Waals surface area contributed by atoms with E-state index in [9.17, 15) is 9.59 Å². The van der Waals surface area contributed by atoms with Crippen LogP contribution in [-0.2, 0) is 14.3 Å². The molecule has 1 amide bonds. The molecular formula is C19H22N2O4S. The van der Waals surface area contributed by atoms with Crippen molar-refractivity contribution < 1.29 is 19.1 Å². The molecule has 1 aromatic heterocycles. The number of ether oxygens (including phenoxy) is 2. The van der Waals surface area contributed by atoms with Gasteiger partial charge in [-0.2, -0.15) is 0 Å². The number of carbonyl (C=O) groups is 2. The van der Waals surface area contributed by atoms with E-state index in [0.29, 0.717) is 17.9 Å². The minimum atomic E-state index is -0.596. The maximum Gasteiger partial charge on any atom is 0.326 e. The van der Waals surface area contributed by atoms with Crippen LogP contribution in [0.1, 0.15) is 32.2 Å². The molecule has 3 rings (SSSR count). The van der Waals surface area contributed by atoms with Gasteiger partial charge in [-0.05, 0) is 45.4 Å². The predicted octanol–water partition coefficient (Wildman–Crippen LogP) is 3.57. The summed E-state index contributed by atoms with van der Waals surface area (Å²) >= 11 is 1.56. The van der Waals surface area contributed by atoms with Gasteiger partial charge in [0.1, 0.15) is 12.3 Å². The van der Waals surface area contributed by atoms with Gasteiger partial charge in [0.25, 0.3) is 5.91 Å². The summed E-state index contributed by atoms with van der Waals surface area (Å²) in [7, 11) is 0. The van der Waals surface area contributed by atoms with Crippen LogP contribution in [0.2, 0.25) is 0 Å². The van der Waals surface area contributed by atoms with Crippen molar-refractivity contribution in [3.63, 3.8) is 0 Å². The van der Waals surface area contributed by atoms with Crippen LogP contribution in [0.25, 0.3) is 11.3 Å². The molecular weight excluding hydrogens is 352 g/mol. The van der Waals surface area contributed by atoms with Crippen molar-refractivity contribution >= 4 is 28.9 Å². The van der Waals surface area contributed by atoms with Gasteiger partial charge in [0, 0.05) is 10.9 Å². The van der Waals surface area contributed by atoms with E-state index >= 15 is 0 Å². The highest BCUT2D eigenvalue weighted by molar-refractivity contribution is 7.09. The maximum atomic E-state index is 12.8. The number of benzene rings is 1. The summed E-state index contributed by atoms with van der Waals surface area (Å²) in [6.45, 7) is 7.25.